The second-order valence-corrected chi connectivity index (χ2v) is 5.86. The van der Waals surface area contributed by atoms with Gasteiger partial charge in [-0.25, -0.2) is 9.97 Å². The van der Waals surface area contributed by atoms with Gasteiger partial charge in [0.15, 0.2) is 0 Å². The van der Waals surface area contributed by atoms with E-state index in [-0.39, 0.29) is 0 Å². The van der Waals surface area contributed by atoms with Gasteiger partial charge < -0.3 is 9.64 Å². The van der Waals surface area contributed by atoms with E-state index < -0.39 is 0 Å². The fourth-order valence-electron chi connectivity index (χ4n) is 2.57. The molecule has 112 valence electrons. The van der Waals surface area contributed by atoms with Crippen molar-refractivity contribution in [2.24, 2.45) is 0 Å². The quantitative estimate of drug-likeness (QED) is 0.781. The molecule has 2 heterocycles. The van der Waals surface area contributed by atoms with Gasteiger partial charge >= 0.3 is 0 Å². The summed E-state index contributed by atoms with van der Waals surface area (Å²) in [5, 5.41) is 0.565. The van der Waals surface area contributed by atoms with E-state index in [1.165, 1.54) is 12.8 Å². The number of anilines is 1. The number of likely N-dealkylation sites (N-methyl/N-ethyl adjacent to an activating group) is 1. The molecule has 2 rings (SSSR count). The lowest BCUT2D eigenvalue weighted by molar-refractivity contribution is 0.0215. The van der Waals surface area contributed by atoms with Gasteiger partial charge in [0, 0.05) is 32.2 Å². The first kappa shape index (κ1) is 15.5. The Labute approximate surface area is 126 Å². The van der Waals surface area contributed by atoms with Crippen molar-refractivity contribution in [1.82, 2.24) is 9.97 Å². The van der Waals surface area contributed by atoms with E-state index in [1.807, 2.05) is 6.92 Å². The summed E-state index contributed by atoms with van der Waals surface area (Å²) in [5.74, 6) is 1.76. The second kappa shape index (κ2) is 7.23. The number of aromatic nitrogens is 2. The van der Waals surface area contributed by atoms with Crippen LogP contribution in [0.5, 0.6) is 0 Å². The molecule has 1 fully saturated rings. The average molecular weight is 298 g/mol. The first-order valence-electron chi connectivity index (χ1n) is 7.47. The topological polar surface area (TPSA) is 38.2 Å². The van der Waals surface area contributed by atoms with Crippen molar-refractivity contribution in [3.63, 3.8) is 0 Å². The monoisotopic (exact) mass is 297 g/mol. The predicted molar refractivity (Wildman–Crippen MR) is 82.6 cm³/mol. The fraction of sp³-hybridized carbons (Fsp3) is 0.733. The highest BCUT2D eigenvalue weighted by atomic mass is 35.5. The summed E-state index contributed by atoms with van der Waals surface area (Å²) in [6.45, 7) is 5.84. The Kier molecular flexibility index (Phi) is 5.61. The van der Waals surface area contributed by atoms with Crippen LogP contribution in [-0.4, -0.2) is 36.3 Å². The van der Waals surface area contributed by atoms with Crippen LogP contribution in [0.15, 0.2) is 0 Å². The minimum absolute atomic E-state index is 0.302. The molecule has 1 aliphatic heterocycles. The van der Waals surface area contributed by atoms with Crippen molar-refractivity contribution >= 4 is 17.4 Å². The minimum atomic E-state index is 0.302. The Balaban J connectivity index is 2.12. The Morgan fingerprint density at radius 1 is 1.35 bits per heavy atom. The van der Waals surface area contributed by atoms with Crippen molar-refractivity contribution in [3.8, 4) is 0 Å². The number of rotatable bonds is 5. The molecule has 0 amide bonds. The third kappa shape index (κ3) is 3.83. The Bertz CT molecular complexity index is 447. The summed E-state index contributed by atoms with van der Waals surface area (Å²) in [5.41, 5.74) is 0.949. The summed E-state index contributed by atoms with van der Waals surface area (Å²) in [6.07, 6.45) is 5.75. The molecule has 0 aliphatic carbocycles. The van der Waals surface area contributed by atoms with E-state index in [0.29, 0.717) is 11.3 Å². The zero-order valence-corrected chi connectivity index (χ0v) is 13.4. The zero-order valence-electron chi connectivity index (χ0n) is 12.7. The van der Waals surface area contributed by atoms with Gasteiger partial charge in [0.25, 0.3) is 0 Å². The highest BCUT2D eigenvalue weighted by Crippen LogP contribution is 2.24. The van der Waals surface area contributed by atoms with Gasteiger partial charge in [-0.2, -0.15) is 0 Å². The maximum atomic E-state index is 6.23. The lowest BCUT2D eigenvalue weighted by atomic mass is 10.1. The van der Waals surface area contributed by atoms with Crippen molar-refractivity contribution in [1.29, 1.82) is 0 Å². The van der Waals surface area contributed by atoms with Crippen LogP contribution in [0, 0.1) is 6.92 Å². The normalized spacial score (nSPS) is 19.1. The number of ether oxygens (including phenoxy) is 1. The van der Waals surface area contributed by atoms with Crippen LogP contribution in [0.25, 0.3) is 0 Å². The molecule has 0 radical (unpaired) electrons. The second-order valence-electron chi connectivity index (χ2n) is 5.50. The van der Waals surface area contributed by atoms with Crippen LogP contribution in [0.3, 0.4) is 0 Å². The van der Waals surface area contributed by atoms with Gasteiger partial charge in [0.05, 0.1) is 6.10 Å². The minimum Gasteiger partial charge on any atom is -0.376 e. The number of aryl methyl sites for hydroxylation is 1. The van der Waals surface area contributed by atoms with Gasteiger partial charge in [-0.05, 0) is 32.6 Å². The maximum absolute atomic E-state index is 6.23. The van der Waals surface area contributed by atoms with Crippen LogP contribution >= 0.6 is 11.6 Å². The van der Waals surface area contributed by atoms with Gasteiger partial charge in [0.2, 0.25) is 0 Å². The molecule has 0 bridgehead atoms. The maximum Gasteiger partial charge on any atom is 0.137 e. The highest BCUT2D eigenvalue weighted by Gasteiger charge is 2.19. The predicted octanol–water partition coefficient (Wildman–Crippen LogP) is 3.40. The molecule has 20 heavy (non-hydrogen) atoms. The van der Waals surface area contributed by atoms with Gasteiger partial charge in [0.1, 0.15) is 16.8 Å². The Hall–Kier alpha value is -0.870. The van der Waals surface area contributed by atoms with Gasteiger partial charge in [-0.1, -0.05) is 18.5 Å². The molecular formula is C15H24ClN3O. The average Bonchev–Trinajstić information content (AvgIpc) is 2.44. The fourth-order valence-corrected chi connectivity index (χ4v) is 2.75. The Morgan fingerprint density at radius 2 is 2.15 bits per heavy atom. The summed E-state index contributed by atoms with van der Waals surface area (Å²) < 4.78 is 5.80. The van der Waals surface area contributed by atoms with Crippen molar-refractivity contribution < 1.29 is 4.74 Å². The van der Waals surface area contributed by atoms with Crippen LogP contribution in [0.4, 0.5) is 5.82 Å². The van der Waals surface area contributed by atoms with E-state index >= 15 is 0 Å². The molecule has 0 saturated carbocycles. The molecule has 1 aromatic rings. The van der Waals surface area contributed by atoms with Crippen LogP contribution in [0.2, 0.25) is 5.15 Å². The van der Waals surface area contributed by atoms with Crippen molar-refractivity contribution in [2.45, 2.75) is 52.1 Å². The summed E-state index contributed by atoms with van der Waals surface area (Å²) in [4.78, 5) is 11.2. The molecule has 1 saturated heterocycles. The standard InChI is InChI=1S/C15H24ClN3O/c1-4-7-13-17-14(16)11(2)15(18-13)19(3)10-12-8-5-6-9-20-12/h12H,4-10H2,1-3H3. The third-order valence-electron chi connectivity index (χ3n) is 3.69. The first-order chi connectivity index (χ1) is 9.61. The summed E-state index contributed by atoms with van der Waals surface area (Å²) in [6, 6.07) is 0. The SMILES string of the molecule is CCCc1nc(Cl)c(C)c(N(C)CC2CCCCO2)n1. The molecule has 0 spiro atoms. The molecule has 1 aromatic heterocycles. The molecule has 0 N–H and O–H groups in total. The molecule has 1 unspecified atom stereocenters. The van der Waals surface area contributed by atoms with Crippen LogP contribution in [-0.2, 0) is 11.2 Å². The third-order valence-corrected chi connectivity index (χ3v) is 4.06. The lowest BCUT2D eigenvalue weighted by Gasteiger charge is -2.29. The Morgan fingerprint density at radius 3 is 2.80 bits per heavy atom. The van der Waals surface area contributed by atoms with Crippen LogP contribution in [0.1, 0.15) is 44.0 Å². The first-order valence-corrected chi connectivity index (χ1v) is 7.85. The van der Waals surface area contributed by atoms with Crippen molar-refractivity contribution in [3.05, 3.63) is 16.5 Å². The van der Waals surface area contributed by atoms with E-state index in [9.17, 15) is 0 Å². The van der Waals surface area contributed by atoms with E-state index in [2.05, 4.69) is 28.8 Å². The van der Waals surface area contributed by atoms with E-state index in [0.717, 1.165) is 49.6 Å². The van der Waals surface area contributed by atoms with Gasteiger partial charge in [-0.15, -0.1) is 0 Å². The van der Waals surface area contributed by atoms with Crippen molar-refractivity contribution in [2.75, 3.05) is 25.1 Å². The molecule has 1 aliphatic rings. The highest BCUT2D eigenvalue weighted by molar-refractivity contribution is 6.30. The van der Waals surface area contributed by atoms with E-state index in [1.54, 1.807) is 0 Å². The number of nitrogens with zero attached hydrogens (tertiary/aromatic N) is 3. The molecule has 1 atom stereocenters. The number of hydrogen-bond acceptors (Lipinski definition) is 4. The van der Waals surface area contributed by atoms with Crippen LogP contribution < -0.4 is 4.90 Å². The number of hydrogen-bond donors (Lipinski definition) is 0. The number of halogens is 1. The largest absolute Gasteiger partial charge is 0.376 e. The summed E-state index contributed by atoms with van der Waals surface area (Å²) >= 11 is 6.23. The molecule has 4 nitrogen and oxygen atoms in total. The summed E-state index contributed by atoms with van der Waals surface area (Å²) in [7, 11) is 2.05. The molecule has 5 heteroatoms. The van der Waals surface area contributed by atoms with E-state index in [4.69, 9.17) is 16.3 Å². The zero-order chi connectivity index (χ0) is 14.5. The smallest absolute Gasteiger partial charge is 0.137 e. The lowest BCUT2D eigenvalue weighted by Crippen LogP contribution is -2.34. The molecular weight excluding hydrogens is 274 g/mol. The van der Waals surface area contributed by atoms with Gasteiger partial charge in [-0.3, -0.25) is 0 Å². The molecule has 0 aromatic carbocycles.